The molecule has 43 heavy (non-hydrogen) atoms. The molecule has 0 atom stereocenters. The highest BCUT2D eigenvalue weighted by atomic mass is 32.1. The molecule has 0 spiro atoms. The van der Waals surface area contributed by atoms with Crippen molar-refractivity contribution in [1.82, 2.24) is 24.6 Å². The Labute approximate surface area is 249 Å². The zero-order valence-electron chi connectivity index (χ0n) is 23.7. The second-order valence-electron chi connectivity index (χ2n) is 9.81. The van der Waals surface area contributed by atoms with E-state index in [2.05, 4.69) is 58.0 Å². The fourth-order valence-corrected chi connectivity index (χ4v) is 5.52. The number of halogens is 3. The molecule has 0 aliphatic heterocycles. The highest BCUT2D eigenvalue weighted by molar-refractivity contribution is 7.07. The summed E-state index contributed by atoms with van der Waals surface area (Å²) in [4.78, 5) is 21.8. The van der Waals surface area contributed by atoms with E-state index >= 15 is 0 Å². The van der Waals surface area contributed by atoms with Crippen LogP contribution in [-0.2, 0) is 0 Å². The number of urea groups is 1. The third kappa shape index (κ3) is 7.09. The monoisotopic (exact) mass is 604 g/mol. The second-order valence-corrected chi connectivity index (χ2v) is 10.7. The third-order valence-corrected chi connectivity index (χ3v) is 7.36. The van der Waals surface area contributed by atoms with E-state index in [4.69, 9.17) is 0 Å². The van der Waals surface area contributed by atoms with Crippen molar-refractivity contribution >= 4 is 23.4 Å². The number of hydrogen-bond acceptors (Lipinski definition) is 5. The number of alkyl halides is 3. The van der Waals surface area contributed by atoms with Crippen LogP contribution >= 0.6 is 11.3 Å². The van der Waals surface area contributed by atoms with Crippen LogP contribution in [0, 0.1) is 27.7 Å². The number of aryl methyl sites for hydroxylation is 4. The van der Waals surface area contributed by atoms with Gasteiger partial charge in [0.05, 0.1) is 11.4 Å². The van der Waals surface area contributed by atoms with Crippen molar-refractivity contribution in [2.75, 3.05) is 0 Å². The molecule has 0 unspecified atom stereocenters. The van der Waals surface area contributed by atoms with Gasteiger partial charge in [0.15, 0.2) is 10.6 Å². The number of benzene rings is 3. The minimum absolute atomic E-state index is 0.317. The first-order chi connectivity index (χ1) is 20.5. The molecular weight excluding hydrogens is 577 g/mol. The number of amides is 2. The molecule has 220 valence electrons. The van der Waals surface area contributed by atoms with Crippen molar-refractivity contribution in [3.8, 4) is 28.5 Å². The number of hydrogen-bond donors (Lipinski definition) is 1. The summed E-state index contributed by atoms with van der Waals surface area (Å²) in [5.74, 6) is 0.125. The SMILES string of the molecule is Cc1cc(C)c(-n2c(C)csc2=NC(=O)N/C=C/c2ccc(-c3ncn(-c4ccc(OC(F)(F)F)cc4)n3)cc2)c(C)c1. The van der Waals surface area contributed by atoms with Gasteiger partial charge in [-0.1, -0.05) is 42.0 Å². The first kappa shape index (κ1) is 29.5. The highest BCUT2D eigenvalue weighted by Gasteiger charge is 2.31. The van der Waals surface area contributed by atoms with E-state index in [1.54, 1.807) is 6.08 Å². The summed E-state index contributed by atoms with van der Waals surface area (Å²) < 4.78 is 44.5. The van der Waals surface area contributed by atoms with Crippen molar-refractivity contribution in [2.24, 2.45) is 4.99 Å². The molecule has 0 radical (unpaired) electrons. The summed E-state index contributed by atoms with van der Waals surface area (Å²) in [6, 6.07) is 16.4. The number of nitrogens with zero attached hydrogens (tertiary/aromatic N) is 5. The number of carbonyl (C=O) groups excluding carboxylic acids is 1. The van der Waals surface area contributed by atoms with Crippen molar-refractivity contribution in [3.05, 3.63) is 111 Å². The maximum absolute atomic E-state index is 12.6. The van der Waals surface area contributed by atoms with Crippen molar-refractivity contribution < 1.29 is 22.7 Å². The van der Waals surface area contributed by atoms with Crippen LogP contribution < -0.4 is 14.9 Å². The van der Waals surface area contributed by atoms with Gasteiger partial charge in [0, 0.05) is 22.8 Å². The lowest BCUT2D eigenvalue weighted by molar-refractivity contribution is -0.274. The zero-order valence-corrected chi connectivity index (χ0v) is 24.5. The average molecular weight is 605 g/mol. The first-order valence-electron chi connectivity index (χ1n) is 13.1. The lowest BCUT2D eigenvalue weighted by Gasteiger charge is -2.14. The molecule has 0 fully saturated rings. The molecule has 0 saturated heterocycles. The second kappa shape index (κ2) is 12.1. The molecule has 12 heteroatoms. The van der Waals surface area contributed by atoms with Gasteiger partial charge in [-0.05, 0) is 74.7 Å². The van der Waals surface area contributed by atoms with E-state index in [0.717, 1.165) is 33.6 Å². The average Bonchev–Trinajstić information content (AvgIpc) is 3.56. The van der Waals surface area contributed by atoms with Crippen LogP contribution in [0.15, 0.2) is 83.6 Å². The Morgan fingerprint density at radius 2 is 1.67 bits per heavy atom. The van der Waals surface area contributed by atoms with Gasteiger partial charge in [-0.15, -0.1) is 29.6 Å². The standard InChI is InChI=1S/C31H27F3N6O2S/c1-19-15-20(2)27(21(3)16-19)40-22(4)17-43-30(40)37-29(41)35-14-13-23-5-7-24(8-6-23)28-36-18-39(38-28)25-9-11-26(12-10-25)42-31(32,33)34/h5-18H,1-4H3,(H,35,41)/b14-13+,37-30?. The van der Waals surface area contributed by atoms with E-state index in [1.807, 2.05) is 41.1 Å². The molecule has 0 saturated carbocycles. The van der Waals surface area contributed by atoms with Crippen LogP contribution in [-0.4, -0.2) is 31.7 Å². The summed E-state index contributed by atoms with van der Waals surface area (Å²) >= 11 is 1.40. The molecule has 1 N–H and O–H groups in total. The molecule has 0 aliphatic rings. The highest BCUT2D eigenvalue weighted by Crippen LogP contribution is 2.25. The lowest BCUT2D eigenvalue weighted by Crippen LogP contribution is -2.22. The predicted molar refractivity (Wildman–Crippen MR) is 159 cm³/mol. The summed E-state index contributed by atoms with van der Waals surface area (Å²) in [5, 5.41) is 9.08. The normalized spacial score (nSPS) is 12.2. The molecule has 0 bridgehead atoms. The number of aromatic nitrogens is 4. The van der Waals surface area contributed by atoms with E-state index in [-0.39, 0.29) is 5.75 Å². The van der Waals surface area contributed by atoms with Crippen molar-refractivity contribution in [3.63, 3.8) is 0 Å². The van der Waals surface area contributed by atoms with Crippen LogP contribution in [0.4, 0.5) is 18.0 Å². The Kier molecular flexibility index (Phi) is 8.31. The molecule has 0 aliphatic carbocycles. The summed E-state index contributed by atoms with van der Waals surface area (Å²) in [7, 11) is 0. The Balaban J connectivity index is 1.24. The Hall–Kier alpha value is -4.97. The molecule has 5 aromatic rings. The first-order valence-corrected chi connectivity index (χ1v) is 14.0. The number of thiazole rings is 1. The summed E-state index contributed by atoms with van der Waals surface area (Å²) in [5.41, 5.74) is 7.53. The van der Waals surface area contributed by atoms with Gasteiger partial charge in [0.2, 0.25) is 0 Å². The van der Waals surface area contributed by atoms with Gasteiger partial charge in [0.25, 0.3) is 0 Å². The van der Waals surface area contributed by atoms with Gasteiger partial charge in [-0.2, -0.15) is 4.99 Å². The minimum Gasteiger partial charge on any atom is -0.406 e. The number of rotatable bonds is 6. The maximum atomic E-state index is 12.6. The number of carbonyl (C=O) groups is 1. The van der Waals surface area contributed by atoms with Crippen LogP contribution in [0.2, 0.25) is 0 Å². The molecule has 3 aromatic carbocycles. The lowest BCUT2D eigenvalue weighted by atomic mass is 10.0. The molecule has 2 aromatic heterocycles. The van der Waals surface area contributed by atoms with Crippen LogP contribution in [0.5, 0.6) is 5.75 Å². The Morgan fingerprint density at radius 1 is 1.00 bits per heavy atom. The topological polar surface area (TPSA) is 86.3 Å². The van der Waals surface area contributed by atoms with E-state index in [1.165, 1.54) is 58.4 Å². The van der Waals surface area contributed by atoms with E-state index in [9.17, 15) is 18.0 Å². The summed E-state index contributed by atoms with van der Waals surface area (Å²) in [6.07, 6.45) is 0.00220. The molecule has 5 rings (SSSR count). The van der Waals surface area contributed by atoms with Crippen LogP contribution in [0.25, 0.3) is 28.8 Å². The number of nitrogens with one attached hydrogen (secondary N) is 1. The Morgan fingerprint density at radius 3 is 2.33 bits per heavy atom. The maximum Gasteiger partial charge on any atom is 0.573 e. The van der Waals surface area contributed by atoms with E-state index < -0.39 is 12.4 Å². The minimum atomic E-state index is -4.75. The number of ether oxygens (including phenoxy) is 1. The van der Waals surface area contributed by atoms with Crippen molar-refractivity contribution in [2.45, 2.75) is 34.1 Å². The van der Waals surface area contributed by atoms with Gasteiger partial charge in [-0.3, -0.25) is 4.57 Å². The largest absolute Gasteiger partial charge is 0.573 e. The third-order valence-electron chi connectivity index (χ3n) is 6.41. The van der Waals surface area contributed by atoms with Crippen LogP contribution in [0.3, 0.4) is 0 Å². The van der Waals surface area contributed by atoms with Crippen LogP contribution in [0.1, 0.15) is 27.9 Å². The fraction of sp³-hybridized carbons (Fsp3) is 0.161. The van der Waals surface area contributed by atoms with Crippen molar-refractivity contribution in [1.29, 1.82) is 0 Å². The van der Waals surface area contributed by atoms with Gasteiger partial charge in [-0.25, -0.2) is 14.5 Å². The van der Waals surface area contributed by atoms with E-state index in [0.29, 0.717) is 16.3 Å². The quantitative estimate of drug-likeness (QED) is 0.222. The van der Waals surface area contributed by atoms with Gasteiger partial charge >= 0.3 is 12.4 Å². The predicted octanol–water partition coefficient (Wildman–Crippen LogP) is 7.20. The molecule has 2 amide bonds. The molecule has 2 heterocycles. The molecular formula is C31H27F3N6O2S. The fourth-order valence-electron chi connectivity index (χ4n) is 4.66. The van der Waals surface area contributed by atoms with Gasteiger partial charge in [0.1, 0.15) is 12.1 Å². The smallest absolute Gasteiger partial charge is 0.406 e. The summed E-state index contributed by atoms with van der Waals surface area (Å²) in [6.45, 7) is 8.16. The molecule has 8 nitrogen and oxygen atoms in total. The zero-order chi connectivity index (χ0) is 30.7. The van der Waals surface area contributed by atoms with Gasteiger partial charge < -0.3 is 10.1 Å². The Bertz CT molecular complexity index is 1840.